The topological polar surface area (TPSA) is 47.3 Å². The van der Waals surface area contributed by atoms with E-state index >= 15 is 0 Å². The van der Waals surface area contributed by atoms with Gasteiger partial charge < -0.3 is 9.84 Å². The number of hydrogen-bond acceptors (Lipinski definition) is 3. The van der Waals surface area contributed by atoms with Crippen molar-refractivity contribution in [1.29, 1.82) is 0 Å². The molecule has 4 aromatic rings. The Kier molecular flexibility index (Phi) is 4.40. The van der Waals surface area contributed by atoms with Crippen LogP contribution in [-0.2, 0) is 5.60 Å². The molecular weight excluding hydrogens is 355 g/mol. The molecule has 0 spiro atoms. The van der Waals surface area contributed by atoms with E-state index in [0.717, 1.165) is 27.8 Å². The number of para-hydroxylation sites is 1. The highest BCUT2D eigenvalue weighted by atomic mass is 19.1. The van der Waals surface area contributed by atoms with E-state index in [9.17, 15) is 9.50 Å². The maximum absolute atomic E-state index is 14.1. The highest BCUT2D eigenvalue weighted by Gasteiger charge is 2.17. The summed E-state index contributed by atoms with van der Waals surface area (Å²) in [6.45, 7) is 3.50. The molecule has 28 heavy (non-hydrogen) atoms. The third-order valence-corrected chi connectivity index (χ3v) is 4.86. The molecule has 0 aliphatic carbocycles. The van der Waals surface area contributed by atoms with Crippen molar-refractivity contribution < 1.29 is 14.2 Å². The van der Waals surface area contributed by atoms with Crippen molar-refractivity contribution in [2.45, 2.75) is 19.4 Å². The minimum atomic E-state index is -0.925. The van der Waals surface area contributed by atoms with E-state index in [0.29, 0.717) is 5.56 Å². The van der Waals surface area contributed by atoms with Crippen LogP contribution in [0.4, 0.5) is 4.39 Å². The third-order valence-electron chi connectivity index (χ3n) is 4.86. The Labute approximate surface area is 162 Å². The third kappa shape index (κ3) is 3.14. The molecule has 1 N–H and O–H groups in total. The van der Waals surface area contributed by atoms with Crippen LogP contribution in [0.3, 0.4) is 0 Å². The molecule has 1 heterocycles. The summed E-state index contributed by atoms with van der Waals surface area (Å²) in [6, 6.07) is 18.4. The van der Waals surface area contributed by atoms with E-state index in [1.807, 2.05) is 53.1 Å². The first-order valence-electron chi connectivity index (χ1n) is 9.02. The van der Waals surface area contributed by atoms with Crippen LogP contribution in [0, 0.1) is 5.82 Å². The average Bonchev–Trinajstić information content (AvgIpc) is 3.10. The van der Waals surface area contributed by atoms with Gasteiger partial charge in [-0.05, 0) is 55.3 Å². The fraction of sp³-hybridized carbons (Fsp3) is 0.174. The summed E-state index contributed by atoms with van der Waals surface area (Å²) in [7, 11) is 1.47. The number of hydrogen-bond donors (Lipinski definition) is 1. The molecule has 0 fully saturated rings. The van der Waals surface area contributed by atoms with Gasteiger partial charge in [-0.25, -0.2) is 9.37 Å². The number of ether oxygens (including phenoxy) is 1. The zero-order chi connectivity index (χ0) is 19.9. The Balaban J connectivity index is 1.82. The summed E-state index contributed by atoms with van der Waals surface area (Å²) in [4.78, 5) is 4.49. The molecule has 4 rings (SSSR count). The second kappa shape index (κ2) is 6.77. The highest BCUT2D eigenvalue weighted by molar-refractivity contribution is 5.79. The maximum Gasteiger partial charge on any atom is 0.165 e. The largest absolute Gasteiger partial charge is 0.493 e. The van der Waals surface area contributed by atoms with Gasteiger partial charge in [0.25, 0.3) is 0 Å². The van der Waals surface area contributed by atoms with Crippen molar-refractivity contribution in [3.63, 3.8) is 0 Å². The maximum atomic E-state index is 14.1. The number of aromatic nitrogens is 2. The van der Waals surface area contributed by atoms with Gasteiger partial charge in [-0.2, -0.15) is 0 Å². The van der Waals surface area contributed by atoms with E-state index in [1.165, 1.54) is 13.2 Å². The molecule has 0 aliphatic heterocycles. The second-order valence-electron chi connectivity index (χ2n) is 7.25. The normalized spacial score (nSPS) is 11.8. The molecule has 3 aromatic carbocycles. The molecule has 0 saturated heterocycles. The van der Waals surface area contributed by atoms with Gasteiger partial charge >= 0.3 is 0 Å². The summed E-state index contributed by atoms with van der Waals surface area (Å²) in [5.41, 5.74) is 4.06. The molecule has 0 bridgehead atoms. The lowest BCUT2D eigenvalue weighted by Gasteiger charge is -2.17. The standard InChI is InChI=1S/C23H21FN2O2/c1-23(2,27)16-10-11-21-20(13-16)25-14-26(21)17-7-4-6-15(12-17)18-8-5-9-19(24)22(18)28-3/h4-14,27H,1-3H3. The van der Waals surface area contributed by atoms with Gasteiger partial charge in [0, 0.05) is 11.3 Å². The number of fused-ring (bicyclic) bond motifs is 1. The van der Waals surface area contributed by atoms with E-state index in [4.69, 9.17) is 4.74 Å². The molecule has 142 valence electrons. The van der Waals surface area contributed by atoms with Crippen LogP contribution in [0.1, 0.15) is 19.4 Å². The number of aliphatic hydroxyl groups is 1. The van der Waals surface area contributed by atoms with Gasteiger partial charge in [0.15, 0.2) is 11.6 Å². The Morgan fingerprint density at radius 1 is 1.04 bits per heavy atom. The quantitative estimate of drug-likeness (QED) is 0.541. The first-order valence-corrected chi connectivity index (χ1v) is 9.02. The van der Waals surface area contributed by atoms with Crippen molar-refractivity contribution in [3.05, 3.63) is 78.4 Å². The highest BCUT2D eigenvalue weighted by Crippen LogP contribution is 2.33. The molecule has 0 amide bonds. The van der Waals surface area contributed by atoms with Crippen molar-refractivity contribution >= 4 is 11.0 Å². The smallest absolute Gasteiger partial charge is 0.165 e. The van der Waals surface area contributed by atoms with Gasteiger partial charge in [-0.1, -0.05) is 30.3 Å². The van der Waals surface area contributed by atoms with E-state index in [-0.39, 0.29) is 5.75 Å². The lowest BCUT2D eigenvalue weighted by molar-refractivity contribution is 0.0787. The van der Waals surface area contributed by atoms with Gasteiger partial charge in [0.05, 0.1) is 23.7 Å². The lowest BCUT2D eigenvalue weighted by atomic mass is 9.98. The number of halogens is 1. The van der Waals surface area contributed by atoms with Crippen LogP contribution >= 0.6 is 0 Å². The van der Waals surface area contributed by atoms with Crippen LogP contribution in [0.15, 0.2) is 67.0 Å². The van der Waals surface area contributed by atoms with Crippen molar-refractivity contribution in [2.24, 2.45) is 0 Å². The van der Waals surface area contributed by atoms with Gasteiger partial charge in [0.1, 0.15) is 6.33 Å². The van der Waals surface area contributed by atoms with E-state index < -0.39 is 11.4 Å². The SMILES string of the molecule is COc1c(F)cccc1-c1cccc(-n2cnc3cc(C(C)(C)O)ccc32)c1. The molecular formula is C23H21FN2O2. The predicted octanol–water partition coefficient (Wildman–Crippen LogP) is 5.07. The molecule has 0 unspecified atom stereocenters. The zero-order valence-electron chi connectivity index (χ0n) is 16.0. The Hall–Kier alpha value is -3.18. The summed E-state index contributed by atoms with van der Waals surface area (Å²) in [6.07, 6.45) is 1.75. The summed E-state index contributed by atoms with van der Waals surface area (Å²) in [5.74, 6) is -0.164. The Morgan fingerprint density at radius 3 is 2.57 bits per heavy atom. The van der Waals surface area contributed by atoms with Gasteiger partial charge in [-0.3, -0.25) is 4.57 Å². The predicted molar refractivity (Wildman–Crippen MR) is 108 cm³/mol. The Morgan fingerprint density at radius 2 is 1.82 bits per heavy atom. The second-order valence-corrected chi connectivity index (χ2v) is 7.25. The van der Waals surface area contributed by atoms with E-state index in [1.54, 1.807) is 26.2 Å². The molecule has 0 aliphatic rings. The number of rotatable bonds is 4. The summed E-state index contributed by atoms with van der Waals surface area (Å²) >= 11 is 0. The molecule has 0 saturated carbocycles. The van der Waals surface area contributed by atoms with Crippen LogP contribution in [-0.4, -0.2) is 21.8 Å². The number of methoxy groups -OCH3 is 1. The fourth-order valence-electron chi connectivity index (χ4n) is 3.37. The van der Waals surface area contributed by atoms with Crippen molar-refractivity contribution in [2.75, 3.05) is 7.11 Å². The average molecular weight is 376 g/mol. The Bertz CT molecular complexity index is 1160. The monoisotopic (exact) mass is 376 g/mol. The van der Waals surface area contributed by atoms with Crippen LogP contribution in [0.25, 0.3) is 27.8 Å². The zero-order valence-corrected chi connectivity index (χ0v) is 16.0. The van der Waals surface area contributed by atoms with E-state index in [2.05, 4.69) is 4.98 Å². The van der Waals surface area contributed by atoms with Gasteiger partial charge in [-0.15, -0.1) is 0 Å². The first kappa shape index (κ1) is 18.2. The molecule has 4 nitrogen and oxygen atoms in total. The molecule has 1 aromatic heterocycles. The number of benzene rings is 3. The van der Waals surface area contributed by atoms with Crippen molar-refractivity contribution in [1.82, 2.24) is 9.55 Å². The summed E-state index contributed by atoms with van der Waals surface area (Å²) < 4.78 is 21.3. The first-order chi connectivity index (χ1) is 13.4. The fourth-order valence-corrected chi connectivity index (χ4v) is 3.37. The minimum absolute atomic E-state index is 0.227. The summed E-state index contributed by atoms with van der Waals surface area (Å²) in [5, 5.41) is 10.2. The van der Waals surface area contributed by atoms with Crippen LogP contribution in [0.2, 0.25) is 0 Å². The molecule has 0 radical (unpaired) electrons. The van der Waals surface area contributed by atoms with Crippen LogP contribution < -0.4 is 4.74 Å². The number of nitrogens with zero attached hydrogens (tertiary/aromatic N) is 2. The van der Waals surface area contributed by atoms with Crippen molar-refractivity contribution in [3.8, 4) is 22.6 Å². The van der Waals surface area contributed by atoms with Gasteiger partial charge in [0.2, 0.25) is 0 Å². The molecule has 5 heteroatoms. The minimum Gasteiger partial charge on any atom is -0.493 e. The molecule has 0 atom stereocenters. The van der Waals surface area contributed by atoms with Crippen LogP contribution in [0.5, 0.6) is 5.75 Å². The lowest BCUT2D eigenvalue weighted by Crippen LogP contribution is -2.15. The number of imidazole rings is 1.